The van der Waals surface area contributed by atoms with Crippen LogP contribution in [0.15, 0.2) is 23.3 Å². The number of carboxylic acids is 1. The van der Waals surface area contributed by atoms with Gasteiger partial charge in [-0.15, -0.1) is 0 Å². The molecule has 0 saturated heterocycles. The van der Waals surface area contributed by atoms with Crippen LogP contribution in [-0.2, 0) is 4.79 Å². The molecule has 0 heterocycles. The van der Waals surface area contributed by atoms with E-state index in [1.807, 2.05) is 11.1 Å². The van der Waals surface area contributed by atoms with E-state index in [0.717, 1.165) is 6.42 Å². The Morgan fingerprint density at radius 2 is 1.62 bits per heavy atom. The average Bonchev–Trinajstić information content (AvgIpc) is 2.68. The zero-order valence-corrected chi connectivity index (χ0v) is 22.0. The molecule has 0 spiro atoms. The van der Waals surface area contributed by atoms with Gasteiger partial charge in [0.05, 0.1) is 0 Å². The normalized spacial score (nSPS) is 45.5. The number of carboxylic acid groups (broad SMARTS) is 1. The quantitative estimate of drug-likeness (QED) is 0.444. The average molecular weight is 441 g/mol. The highest BCUT2D eigenvalue weighted by atomic mass is 16.4. The minimum Gasteiger partial charge on any atom is -0.481 e. The van der Waals surface area contributed by atoms with Crippen LogP contribution >= 0.6 is 0 Å². The fraction of sp³-hybridized carbons (Fsp3) is 0.833. The molecule has 180 valence electrons. The Bertz CT molecular complexity index is 849. The van der Waals surface area contributed by atoms with Gasteiger partial charge in [-0.25, -0.2) is 0 Å². The van der Waals surface area contributed by atoms with E-state index in [-0.39, 0.29) is 22.7 Å². The molecule has 0 bridgehead atoms. The minimum atomic E-state index is -0.651. The third kappa shape index (κ3) is 3.37. The second-order valence-electron chi connectivity index (χ2n) is 14.0. The third-order valence-electron chi connectivity index (χ3n) is 11.7. The lowest BCUT2D eigenvalue weighted by atomic mass is 9.36. The van der Waals surface area contributed by atoms with Gasteiger partial charge >= 0.3 is 5.97 Å². The van der Waals surface area contributed by atoms with Crippen molar-refractivity contribution in [3.8, 4) is 0 Å². The molecule has 4 aliphatic carbocycles. The van der Waals surface area contributed by atoms with E-state index in [9.17, 15) is 9.90 Å². The largest absolute Gasteiger partial charge is 0.481 e. The lowest BCUT2D eigenvalue weighted by molar-refractivity contribution is -0.147. The Morgan fingerprint density at radius 1 is 0.969 bits per heavy atom. The number of allylic oxidation sites excluding steroid dienone is 3. The molecule has 0 radical (unpaired) electrons. The summed E-state index contributed by atoms with van der Waals surface area (Å²) in [4.78, 5) is 11.6. The van der Waals surface area contributed by atoms with Crippen LogP contribution in [0.3, 0.4) is 0 Å². The van der Waals surface area contributed by atoms with Crippen molar-refractivity contribution in [1.82, 2.24) is 0 Å². The van der Waals surface area contributed by atoms with E-state index in [0.29, 0.717) is 22.7 Å². The predicted molar refractivity (Wildman–Crippen MR) is 133 cm³/mol. The van der Waals surface area contributed by atoms with E-state index in [1.54, 1.807) is 0 Å². The van der Waals surface area contributed by atoms with Crippen LogP contribution in [0, 0.1) is 38.9 Å². The Hall–Kier alpha value is -1.05. The summed E-state index contributed by atoms with van der Waals surface area (Å²) < 4.78 is 0. The van der Waals surface area contributed by atoms with Crippen LogP contribution in [0.1, 0.15) is 119 Å². The monoisotopic (exact) mass is 440 g/mol. The van der Waals surface area contributed by atoms with Crippen LogP contribution in [0.2, 0.25) is 0 Å². The molecule has 3 fully saturated rings. The minimum absolute atomic E-state index is 0.0308. The van der Waals surface area contributed by atoms with Crippen molar-refractivity contribution >= 4 is 5.97 Å². The third-order valence-corrected chi connectivity index (χ3v) is 11.7. The fourth-order valence-electron chi connectivity index (χ4n) is 9.41. The maximum absolute atomic E-state index is 11.6. The van der Waals surface area contributed by atoms with Crippen LogP contribution in [0.5, 0.6) is 0 Å². The molecule has 2 nitrogen and oxygen atoms in total. The van der Waals surface area contributed by atoms with Gasteiger partial charge in [0.15, 0.2) is 0 Å². The number of aliphatic carboxylic acids is 1. The van der Waals surface area contributed by atoms with Gasteiger partial charge in [0, 0.05) is 6.42 Å². The molecule has 32 heavy (non-hydrogen) atoms. The van der Waals surface area contributed by atoms with E-state index in [4.69, 9.17) is 0 Å². The first-order valence-corrected chi connectivity index (χ1v) is 13.3. The molecule has 0 aromatic heterocycles. The maximum atomic E-state index is 11.6. The highest BCUT2D eigenvalue weighted by molar-refractivity contribution is 5.66. The molecule has 0 amide bonds. The van der Waals surface area contributed by atoms with Crippen molar-refractivity contribution in [3.63, 3.8) is 0 Å². The first-order chi connectivity index (χ1) is 14.7. The molecular formula is C30H48O2. The number of rotatable bonds is 4. The number of carbonyl (C=O) groups is 1. The summed E-state index contributed by atoms with van der Waals surface area (Å²) in [5, 5.41) is 9.56. The highest BCUT2D eigenvalue weighted by Crippen LogP contribution is 2.73. The Kier molecular flexibility index (Phi) is 5.63. The highest BCUT2D eigenvalue weighted by Gasteiger charge is 2.64. The number of fused-ring (bicyclic) bond motifs is 4. The molecule has 0 aromatic rings. The Labute approximate surface area is 197 Å². The van der Waals surface area contributed by atoms with Gasteiger partial charge in [-0.1, -0.05) is 64.8 Å². The van der Waals surface area contributed by atoms with E-state index in [1.165, 1.54) is 63.4 Å². The topological polar surface area (TPSA) is 37.3 Å². The summed E-state index contributed by atoms with van der Waals surface area (Å²) in [6.45, 7) is 21.7. The maximum Gasteiger partial charge on any atom is 0.303 e. The first-order valence-electron chi connectivity index (χ1n) is 13.3. The number of hydrogen-bond acceptors (Lipinski definition) is 1. The molecule has 0 aliphatic heterocycles. The van der Waals surface area contributed by atoms with Crippen molar-refractivity contribution in [2.45, 2.75) is 119 Å². The summed E-state index contributed by atoms with van der Waals surface area (Å²) in [5.74, 6) is 0.363. The second kappa shape index (κ2) is 7.47. The smallest absolute Gasteiger partial charge is 0.303 e. The SMILES string of the molecule is C=C(C)C1CC[C@]2(C)[C@H](CCC3=C4CC(C)(C)CC[C@]4(C)CC[C@]32C)[C@@]1(C)CCC(=O)O. The molecule has 2 heteroatoms. The zero-order chi connectivity index (χ0) is 23.7. The van der Waals surface area contributed by atoms with Gasteiger partial charge < -0.3 is 5.11 Å². The van der Waals surface area contributed by atoms with Crippen LogP contribution < -0.4 is 0 Å². The predicted octanol–water partition coefficient (Wildman–Crippen LogP) is 8.57. The molecule has 1 N–H and O–H groups in total. The summed E-state index contributed by atoms with van der Waals surface area (Å²) in [6, 6.07) is 0. The summed E-state index contributed by atoms with van der Waals surface area (Å²) in [5.41, 5.74) is 6.28. The summed E-state index contributed by atoms with van der Waals surface area (Å²) in [7, 11) is 0. The first kappa shape index (κ1) is 24.1. The van der Waals surface area contributed by atoms with Crippen molar-refractivity contribution in [2.24, 2.45) is 38.9 Å². The van der Waals surface area contributed by atoms with E-state index in [2.05, 4.69) is 55.0 Å². The lowest BCUT2D eigenvalue weighted by Crippen LogP contribution is -2.60. The number of hydrogen-bond donors (Lipinski definition) is 1. The summed E-state index contributed by atoms with van der Waals surface area (Å²) >= 11 is 0. The van der Waals surface area contributed by atoms with Gasteiger partial charge in [-0.2, -0.15) is 0 Å². The lowest BCUT2D eigenvalue weighted by Gasteiger charge is -2.68. The van der Waals surface area contributed by atoms with Gasteiger partial charge in [-0.05, 0) is 110 Å². The molecule has 6 atom stereocenters. The molecule has 1 unspecified atom stereocenters. The standard InChI is InChI=1S/C30H48O2/c1-20(2)21-11-14-30(8)24(28(21,6)13-12-25(31)32)10-9-22-23-19-26(3,4)15-16-27(23,5)17-18-29(22,30)7/h21,24H,1,9-19H2,2-8H3,(H,31,32)/t21?,24-,27-,28+,29-,30-/m1/s1. The molecule has 3 saturated carbocycles. The molecule has 0 aromatic carbocycles. The second-order valence-corrected chi connectivity index (χ2v) is 14.0. The van der Waals surface area contributed by atoms with Crippen molar-refractivity contribution < 1.29 is 9.90 Å². The molecule has 4 rings (SSSR count). The Balaban J connectivity index is 1.80. The van der Waals surface area contributed by atoms with Gasteiger partial charge in [-0.3, -0.25) is 4.79 Å². The summed E-state index contributed by atoms with van der Waals surface area (Å²) in [6.07, 6.45) is 12.6. The van der Waals surface area contributed by atoms with Gasteiger partial charge in [0.25, 0.3) is 0 Å². The Morgan fingerprint density at radius 3 is 2.25 bits per heavy atom. The van der Waals surface area contributed by atoms with Crippen molar-refractivity contribution in [2.75, 3.05) is 0 Å². The molecule has 4 aliphatic rings. The van der Waals surface area contributed by atoms with E-state index >= 15 is 0 Å². The van der Waals surface area contributed by atoms with Crippen molar-refractivity contribution in [1.29, 1.82) is 0 Å². The van der Waals surface area contributed by atoms with Crippen LogP contribution in [0.4, 0.5) is 0 Å². The molecular weight excluding hydrogens is 392 g/mol. The van der Waals surface area contributed by atoms with E-state index < -0.39 is 5.97 Å². The van der Waals surface area contributed by atoms with Gasteiger partial charge in [0.2, 0.25) is 0 Å². The van der Waals surface area contributed by atoms with Crippen molar-refractivity contribution in [3.05, 3.63) is 23.3 Å². The zero-order valence-electron chi connectivity index (χ0n) is 22.0. The fourth-order valence-corrected chi connectivity index (χ4v) is 9.41. The van der Waals surface area contributed by atoms with Gasteiger partial charge in [0.1, 0.15) is 0 Å². The van der Waals surface area contributed by atoms with Crippen LogP contribution in [0.25, 0.3) is 0 Å². The van der Waals surface area contributed by atoms with Crippen LogP contribution in [-0.4, -0.2) is 11.1 Å².